The van der Waals surface area contributed by atoms with Crippen molar-refractivity contribution in [3.05, 3.63) is 18.0 Å². The van der Waals surface area contributed by atoms with Crippen molar-refractivity contribution >= 4 is 0 Å². The van der Waals surface area contributed by atoms with Crippen molar-refractivity contribution in [1.82, 2.24) is 20.0 Å². The largest absolute Gasteiger partial charge is 0.319 e. The van der Waals surface area contributed by atoms with Gasteiger partial charge in [0.25, 0.3) is 0 Å². The molecule has 0 saturated carbocycles. The van der Waals surface area contributed by atoms with Crippen LogP contribution in [0.5, 0.6) is 0 Å². The summed E-state index contributed by atoms with van der Waals surface area (Å²) in [4.78, 5) is 2.37. The summed E-state index contributed by atoms with van der Waals surface area (Å²) in [6.45, 7) is 6.57. The molecule has 0 amide bonds. The summed E-state index contributed by atoms with van der Waals surface area (Å²) in [6.07, 6.45) is 4.01. The number of aromatic nitrogens is 2. The molecule has 1 aromatic heterocycles. The summed E-state index contributed by atoms with van der Waals surface area (Å²) in [5.74, 6) is 0.645. The number of nitrogens with zero attached hydrogens (tertiary/aromatic N) is 3. The van der Waals surface area contributed by atoms with E-state index in [4.69, 9.17) is 0 Å². The molecule has 0 spiro atoms. The Hall–Kier alpha value is -0.870. The number of nitrogens with one attached hydrogen (secondary N) is 1. The minimum absolute atomic E-state index is 0.563. The van der Waals surface area contributed by atoms with Crippen molar-refractivity contribution in [2.24, 2.45) is 13.0 Å². The molecule has 1 N–H and O–H groups in total. The Balaban J connectivity index is 2.48. The predicted molar refractivity (Wildman–Crippen MR) is 67.2 cm³/mol. The van der Waals surface area contributed by atoms with Gasteiger partial charge in [-0.3, -0.25) is 9.58 Å². The highest BCUT2D eigenvalue weighted by molar-refractivity contribution is 5.03. The Morgan fingerprint density at radius 2 is 2.19 bits per heavy atom. The van der Waals surface area contributed by atoms with Crippen LogP contribution in [0.4, 0.5) is 0 Å². The van der Waals surface area contributed by atoms with Crippen LogP contribution in [0.2, 0.25) is 0 Å². The number of aryl methyl sites for hydroxylation is 1. The molecule has 0 aliphatic rings. The fourth-order valence-electron chi connectivity index (χ4n) is 1.91. The normalized spacial score (nSPS) is 15.4. The topological polar surface area (TPSA) is 33.1 Å². The monoisotopic (exact) mass is 224 g/mol. The quantitative estimate of drug-likeness (QED) is 0.785. The molecule has 1 aromatic rings. The second kappa shape index (κ2) is 6.01. The molecule has 92 valence electrons. The highest BCUT2D eigenvalue weighted by Gasteiger charge is 2.16. The van der Waals surface area contributed by atoms with Crippen LogP contribution >= 0.6 is 0 Å². The first-order chi connectivity index (χ1) is 7.54. The van der Waals surface area contributed by atoms with Gasteiger partial charge in [-0.25, -0.2) is 0 Å². The van der Waals surface area contributed by atoms with Crippen molar-refractivity contribution in [1.29, 1.82) is 0 Å². The van der Waals surface area contributed by atoms with E-state index in [-0.39, 0.29) is 0 Å². The van der Waals surface area contributed by atoms with E-state index in [0.29, 0.717) is 12.0 Å². The average molecular weight is 224 g/mol. The van der Waals surface area contributed by atoms with Gasteiger partial charge in [0.15, 0.2) is 0 Å². The highest BCUT2D eigenvalue weighted by Crippen LogP contribution is 2.11. The predicted octanol–water partition coefficient (Wildman–Crippen LogP) is 1.10. The van der Waals surface area contributed by atoms with Crippen LogP contribution in [0.25, 0.3) is 0 Å². The van der Waals surface area contributed by atoms with Gasteiger partial charge in [0.05, 0.1) is 6.20 Å². The Morgan fingerprint density at radius 1 is 1.50 bits per heavy atom. The van der Waals surface area contributed by atoms with Crippen molar-refractivity contribution in [2.45, 2.75) is 26.4 Å². The Labute approximate surface area is 98.6 Å². The summed E-state index contributed by atoms with van der Waals surface area (Å²) in [5, 5.41) is 7.42. The molecule has 0 saturated heterocycles. The maximum Gasteiger partial charge on any atom is 0.0534 e. The first kappa shape index (κ1) is 13.2. The summed E-state index contributed by atoms with van der Waals surface area (Å²) < 4.78 is 1.85. The second-order valence-electron chi connectivity index (χ2n) is 4.71. The molecule has 2 unspecified atom stereocenters. The fourth-order valence-corrected chi connectivity index (χ4v) is 1.91. The molecule has 1 rings (SSSR count). The molecule has 4 nitrogen and oxygen atoms in total. The van der Waals surface area contributed by atoms with E-state index in [0.717, 1.165) is 13.1 Å². The van der Waals surface area contributed by atoms with Gasteiger partial charge in [-0.15, -0.1) is 0 Å². The van der Waals surface area contributed by atoms with E-state index >= 15 is 0 Å². The van der Waals surface area contributed by atoms with Crippen LogP contribution in [0.1, 0.15) is 19.4 Å². The van der Waals surface area contributed by atoms with Crippen molar-refractivity contribution in [2.75, 3.05) is 20.6 Å². The molecule has 4 heteroatoms. The smallest absolute Gasteiger partial charge is 0.0534 e. The average Bonchev–Trinajstić information content (AvgIpc) is 2.63. The summed E-state index contributed by atoms with van der Waals surface area (Å²) >= 11 is 0. The lowest BCUT2D eigenvalue weighted by Crippen LogP contribution is -2.37. The summed E-state index contributed by atoms with van der Waals surface area (Å²) in [7, 11) is 6.13. The van der Waals surface area contributed by atoms with Gasteiger partial charge in [0, 0.05) is 31.4 Å². The lowest BCUT2D eigenvalue weighted by atomic mass is 10.0. The zero-order chi connectivity index (χ0) is 12.1. The zero-order valence-corrected chi connectivity index (χ0v) is 11.1. The van der Waals surface area contributed by atoms with Crippen LogP contribution < -0.4 is 5.32 Å². The molecule has 1 heterocycles. The highest BCUT2D eigenvalue weighted by atomic mass is 15.2. The van der Waals surface area contributed by atoms with Crippen molar-refractivity contribution in [3.63, 3.8) is 0 Å². The van der Waals surface area contributed by atoms with Gasteiger partial charge in [-0.2, -0.15) is 5.10 Å². The second-order valence-corrected chi connectivity index (χ2v) is 4.71. The first-order valence-electron chi connectivity index (χ1n) is 5.87. The first-order valence-corrected chi connectivity index (χ1v) is 5.87. The summed E-state index contributed by atoms with van der Waals surface area (Å²) in [6, 6.07) is 0.563. The van der Waals surface area contributed by atoms with E-state index in [1.54, 1.807) is 0 Å². The maximum absolute atomic E-state index is 4.19. The van der Waals surface area contributed by atoms with Crippen LogP contribution in [-0.2, 0) is 13.6 Å². The van der Waals surface area contributed by atoms with E-state index in [9.17, 15) is 0 Å². The van der Waals surface area contributed by atoms with Gasteiger partial charge in [-0.05, 0) is 33.5 Å². The van der Waals surface area contributed by atoms with E-state index in [1.807, 2.05) is 25.0 Å². The zero-order valence-electron chi connectivity index (χ0n) is 11.1. The Bertz CT molecular complexity index is 308. The third-order valence-corrected chi connectivity index (χ3v) is 3.24. The molecule has 2 atom stereocenters. The molecule has 16 heavy (non-hydrogen) atoms. The van der Waals surface area contributed by atoms with Gasteiger partial charge in [0.2, 0.25) is 0 Å². The van der Waals surface area contributed by atoms with E-state index in [1.165, 1.54) is 5.56 Å². The number of rotatable bonds is 6. The Kier molecular flexibility index (Phi) is 4.96. The fraction of sp³-hybridized carbons (Fsp3) is 0.750. The van der Waals surface area contributed by atoms with E-state index in [2.05, 4.69) is 42.4 Å². The van der Waals surface area contributed by atoms with Gasteiger partial charge < -0.3 is 5.32 Å². The molecular weight excluding hydrogens is 200 g/mol. The molecule has 0 aromatic carbocycles. The molecule has 0 aliphatic heterocycles. The molecular formula is C12H24N4. The summed E-state index contributed by atoms with van der Waals surface area (Å²) in [5.41, 5.74) is 1.27. The lowest BCUT2D eigenvalue weighted by Gasteiger charge is -2.29. The minimum atomic E-state index is 0.563. The molecule has 0 aliphatic carbocycles. The van der Waals surface area contributed by atoms with Crippen LogP contribution in [0.15, 0.2) is 12.4 Å². The number of hydrogen-bond donors (Lipinski definition) is 1. The van der Waals surface area contributed by atoms with Crippen molar-refractivity contribution < 1.29 is 0 Å². The SMILES string of the molecule is CNCC(C)C(C)N(C)Cc1cnn(C)c1. The van der Waals surface area contributed by atoms with Gasteiger partial charge in [0.1, 0.15) is 0 Å². The van der Waals surface area contributed by atoms with Crippen LogP contribution in [0.3, 0.4) is 0 Å². The minimum Gasteiger partial charge on any atom is -0.319 e. The third-order valence-electron chi connectivity index (χ3n) is 3.24. The van der Waals surface area contributed by atoms with Gasteiger partial charge in [-0.1, -0.05) is 6.92 Å². The van der Waals surface area contributed by atoms with Crippen molar-refractivity contribution in [3.8, 4) is 0 Å². The van der Waals surface area contributed by atoms with E-state index < -0.39 is 0 Å². The van der Waals surface area contributed by atoms with Crippen LogP contribution in [-0.4, -0.2) is 41.4 Å². The number of hydrogen-bond acceptors (Lipinski definition) is 3. The van der Waals surface area contributed by atoms with Crippen LogP contribution in [0, 0.1) is 5.92 Å². The maximum atomic E-state index is 4.19. The standard InChI is InChI=1S/C12H24N4/c1-10(6-13-3)11(2)15(4)8-12-7-14-16(5)9-12/h7,9-11,13H,6,8H2,1-5H3. The Morgan fingerprint density at radius 3 is 2.69 bits per heavy atom. The molecule has 0 bridgehead atoms. The molecule has 0 fully saturated rings. The third kappa shape index (κ3) is 3.61. The molecule has 0 radical (unpaired) electrons. The lowest BCUT2D eigenvalue weighted by molar-refractivity contribution is 0.190. The van der Waals surface area contributed by atoms with Gasteiger partial charge >= 0.3 is 0 Å².